The van der Waals surface area contributed by atoms with Crippen LogP contribution in [0.1, 0.15) is 69.3 Å². The smallest absolute Gasteiger partial charge is 0.314 e. The van der Waals surface area contributed by atoms with E-state index in [0.29, 0.717) is 17.4 Å². The molecule has 0 heterocycles. The van der Waals surface area contributed by atoms with Crippen LogP contribution in [0.2, 0.25) is 0 Å². The Hall–Kier alpha value is -2.62. The summed E-state index contributed by atoms with van der Waals surface area (Å²) in [5.41, 5.74) is 1.25. The molecule has 0 spiro atoms. The molecule has 0 saturated heterocycles. The summed E-state index contributed by atoms with van der Waals surface area (Å²) in [6.45, 7) is 0. The number of ether oxygens (including phenoxy) is 2. The Morgan fingerprint density at radius 2 is 1.13 bits per heavy atom. The number of carbonyl (C=O) groups excluding carboxylic acids is 2. The Kier molecular flexibility index (Phi) is 6.83. The number of hydrogen-bond acceptors (Lipinski definition) is 4. The van der Waals surface area contributed by atoms with Gasteiger partial charge in [-0.2, -0.15) is 0 Å². The molecular formula is C26H30O4. The molecule has 2 aromatic carbocycles. The summed E-state index contributed by atoms with van der Waals surface area (Å²) in [6, 6.07) is 17.2. The van der Waals surface area contributed by atoms with E-state index in [4.69, 9.17) is 9.47 Å². The number of benzene rings is 2. The minimum atomic E-state index is -0.121. The molecule has 0 aliphatic heterocycles. The standard InChI is InChI=1S/C26H30O4/c27-25(21-7-3-1-4-8-21)30-24-17-15-20(16-18-24)19-11-13-22(14-12-19)26(28)29-23-9-5-2-6-10-23/h2,5-6,9-10,15-19,21-22H,1,3-4,7-8,11-14H2. The fourth-order valence-corrected chi connectivity index (χ4v) is 4.70. The largest absolute Gasteiger partial charge is 0.426 e. The number of hydrogen-bond donors (Lipinski definition) is 0. The third-order valence-electron chi connectivity index (χ3n) is 6.53. The van der Waals surface area contributed by atoms with Gasteiger partial charge in [-0.1, -0.05) is 49.6 Å². The zero-order chi connectivity index (χ0) is 20.8. The van der Waals surface area contributed by atoms with Gasteiger partial charge in [-0.25, -0.2) is 0 Å². The molecule has 30 heavy (non-hydrogen) atoms. The molecule has 2 aliphatic rings. The van der Waals surface area contributed by atoms with E-state index >= 15 is 0 Å². The van der Waals surface area contributed by atoms with Gasteiger partial charge in [0, 0.05) is 0 Å². The van der Waals surface area contributed by atoms with E-state index in [1.807, 2.05) is 42.5 Å². The van der Waals surface area contributed by atoms with E-state index in [-0.39, 0.29) is 23.8 Å². The second-order valence-electron chi connectivity index (χ2n) is 8.61. The van der Waals surface area contributed by atoms with E-state index < -0.39 is 0 Å². The summed E-state index contributed by atoms with van der Waals surface area (Å²) in [6.07, 6.45) is 9.00. The van der Waals surface area contributed by atoms with Crippen LogP contribution in [0.4, 0.5) is 0 Å². The molecule has 4 rings (SSSR count). The monoisotopic (exact) mass is 406 g/mol. The van der Waals surface area contributed by atoms with E-state index in [1.165, 1.54) is 12.0 Å². The number of carbonyl (C=O) groups is 2. The maximum Gasteiger partial charge on any atom is 0.314 e. The molecule has 0 N–H and O–H groups in total. The van der Waals surface area contributed by atoms with Crippen molar-refractivity contribution in [1.82, 2.24) is 0 Å². The van der Waals surface area contributed by atoms with Gasteiger partial charge in [0.2, 0.25) is 0 Å². The highest BCUT2D eigenvalue weighted by atomic mass is 16.5. The average molecular weight is 407 g/mol. The third-order valence-corrected chi connectivity index (χ3v) is 6.53. The predicted octanol–water partition coefficient (Wildman–Crippen LogP) is 6.05. The van der Waals surface area contributed by atoms with Crippen LogP contribution in [0.15, 0.2) is 54.6 Å². The van der Waals surface area contributed by atoms with Gasteiger partial charge in [-0.15, -0.1) is 0 Å². The van der Waals surface area contributed by atoms with Gasteiger partial charge in [0.25, 0.3) is 0 Å². The fraction of sp³-hybridized carbons (Fsp3) is 0.462. The van der Waals surface area contributed by atoms with Crippen LogP contribution in [0.3, 0.4) is 0 Å². The molecule has 2 saturated carbocycles. The van der Waals surface area contributed by atoms with Crippen molar-refractivity contribution in [3.05, 3.63) is 60.2 Å². The highest BCUT2D eigenvalue weighted by Gasteiger charge is 2.28. The van der Waals surface area contributed by atoms with Crippen molar-refractivity contribution in [2.75, 3.05) is 0 Å². The maximum atomic E-state index is 12.4. The van der Waals surface area contributed by atoms with Crippen LogP contribution in [0.25, 0.3) is 0 Å². The lowest BCUT2D eigenvalue weighted by atomic mass is 9.79. The molecule has 4 heteroatoms. The summed E-state index contributed by atoms with van der Waals surface area (Å²) in [7, 11) is 0. The lowest BCUT2D eigenvalue weighted by Crippen LogP contribution is -2.25. The van der Waals surface area contributed by atoms with Gasteiger partial charge in [0.05, 0.1) is 11.8 Å². The molecule has 4 nitrogen and oxygen atoms in total. The summed E-state index contributed by atoms with van der Waals surface area (Å²) >= 11 is 0. The van der Waals surface area contributed by atoms with E-state index in [1.54, 1.807) is 0 Å². The zero-order valence-corrected chi connectivity index (χ0v) is 17.4. The Bertz CT molecular complexity index is 829. The molecule has 0 aromatic heterocycles. The van der Waals surface area contributed by atoms with Crippen LogP contribution in [0, 0.1) is 11.8 Å². The molecule has 0 amide bonds. The van der Waals surface area contributed by atoms with E-state index in [2.05, 4.69) is 12.1 Å². The summed E-state index contributed by atoms with van der Waals surface area (Å²) in [4.78, 5) is 24.7. The van der Waals surface area contributed by atoms with Gasteiger partial charge in [0.1, 0.15) is 11.5 Å². The molecule has 158 valence electrons. The van der Waals surface area contributed by atoms with Crippen LogP contribution in [0.5, 0.6) is 11.5 Å². The van der Waals surface area contributed by atoms with Crippen molar-refractivity contribution in [2.45, 2.75) is 63.7 Å². The first-order valence-corrected chi connectivity index (χ1v) is 11.3. The predicted molar refractivity (Wildman–Crippen MR) is 115 cm³/mol. The molecule has 0 radical (unpaired) electrons. The summed E-state index contributed by atoms with van der Waals surface area (Å²) in [5, 5.41) is 0. The maximum absolute atomic E-state index is 12.4. The molecule has 0 unspecified atom stereocenters. The van der Waals surface area contributed by atoms with Gasteiger partial charge in [-0.05, 0) is 74.3 Å². The average Bonchev–Trinajstić information content (AvgIpc) is 2.81. The molecule has 2 fully saturated rings. The first-order valence-electron chi connectivity index (χ1n) is 11.3. The molecular weight excluding hydrogens is 376 g/mol. The van der Waals surface area contributed by atoms with Crippen molar-refractivity contribution >= 4 is 11.9 Å². The lowest BCUT2D eigenvalue weighted by Gasteiger charge is -2.27. The van der Waals surface area contributed by atoms with Gasteiger partial charge in [0.15, 0.2) is 0 Å². The van der Waals surface area contributed by atoms with Gasteiger partial charge < -0.3 is 9.47 Å². The fourth-order valence-electron chi connectivity index (χ4n) is 4.70. The zero-order valence-electron chi connectivity index (χ0n) is 17.4. The summed E-state index contributed by atoms with van der Waals surface area (Å²) in [5.74, 6) is 1.51. The Morgan fingerprint density at radius 3 is 1.73 bits per heavy atom. The topological polar surface area (TPSA) is 52.6 Å². The van der Waals surface area contributed by atoms with Gasteiger partial charge >= 0.3 is 11.9 Å². The van der Waals surface area contributed by atoms with Crippen LogP contribution in [-0.4, -0.2) is 11.9 Å². The quantitative estimate of drug-likeness (QED) is 0.448. The van der Waals surface area contributed by atoms with Crippen LogP contribution < -0.4 is 9.47 Å². The Morgan fingerprint density at radius 1 is 0.600 bits per heavy atom. The second kappa shape index (κ2) is 9.92. The van der Waals surface area contributed by atoms with Gasteiger partial charge in [-0.3, -0.25) is 9.59 Å². The molecule has 0 bridgehead atoms. The normalized spacial score (nSPS) is 22.3. The number of esters is 2. The highest BCUT2D eigenvalue weighted by molar-refractivity contribution is 5.75. The molecule has 2 aromatic rings. The minimum Gasteiger partial charge on any atom is -0.426 e. The third kappa shape index (κ3) is 5.29. The highest BCUT2D eigenvalue weighted by Crippen LogP contribution is 2.37. The minimum absolute atomic E-state index is 0.0304. The SMILES string of the molecule is O=C(Oc1ccc(C2CCC(C(=O)Oc3ccccc3)CC2)cc1)C1CCCCC1. The number of rotatable bonds is 5. The van der Waals surface area contributed by atoms with Crippen molar-refractivity contribution < 1.29 is 19.1 Å². The molecule has 0 atom stereocenters. The lowest BCUT2D eigenvalue weighted by molar-refractivity contribution is -0.140. The van der Waals surface area contributed by atoms with Crippen molar-refractivity contribution in [1.29, 1.82) is 0 Å². The Labute approximate surface area is 178 Å². The van der Waals surface area contributed by atoms with Crippen LogP contribution >= 0.6 is 0 Å². The van der Waals surface area contributed by atoms with Crippen molar-refractivity contribution in [3.8, 4) is 11.5 Å². The van der Waals surface area contributed by atoms with Crippen LogP contribution in [-0.2, 0) is 9.59 Å². The summed E-state index contributed by atoms with van der Waals surface area (Å²) < 4.78 is 11.1. The second-order valence-corrected chi connectivity index (χ2v) is 8.61. The first kappa shape index (κ1) is 20.6. The van der Waals surface area contributed by atoms with Crippen molar-refractivity contribution in [2.24, 2.45) is 11.8 Å². The van der Waals surface area contributed by atoms with E-state index in [0.717, 1.165) is 51.4 Å². The first-order chi connectivity index (χ1) is 14.7. The number of para-hydroxylation sites is 1. The van der Waals surface area contributed by atoms with E-state index in [9.17, 15) is 9.59 Å². The van der Waals surface area contributed by atoms with Crippen molar-refractivity contribution in [3.63, 3.8) is 0 Å². The molecule has 2 aliphatic carbocycles. The Balaban J connectivity index is 1.26.